The van der Waals surface area contributed by atoms with Gasteiger partial charge in [0.2, 0.25) is 0 Å². The Balaban J connectivity index is 1.56. The van der Waals surface area contributed by atoms with Crippen LogP contribution in [-0.2, 0) is 0 Å². The summed E-state index contributed by atoms with van der Waals surface area (Å²) in [5.41, 5.74) is 0.998. The van der Waals surface area contributed by atoms with E-state index in [-0.39, 0.29) is 6.29 Å². The van der Waals surface area contributed by atoms with E-state index in [0.717, 1.165) is 36.7 Å². The maximum atomic E-state index is 6.09. The van der Waals surface area contributed by atoms with E-state index < -0.39 is 0 Å². The topological polar surface area (TPSA) is 69.8 Å². The van der Waals surface area contributed by atoms with Gasteiger partial charge in [-0.25, -0.2) is 0 Å². The molecule has 0 bridgehead atoms. The number of hydrogen-bond acceptors (Lipinski definition) is 7. The van der Waals surface area contributed by atoms with E-state index in [0.29, 0.717) is 18.7 Å². The average Bonchev–Trinajstić information content (AvgIpc) is 2.63. The summed E-state index contributed by atoms with van der Waals surface area (Å²) in [4.78, 5) is 2.47. The Labute approximate surface area is 156 Å². The van der Waals surface area contributed by atoms with Gasteiger partial charge in [0.25, 0.3) is 0 Å². The minimum atomic E-state index is 0.0211. The van der Waals surface area contributed by atoms with Crippen molar-refractivity contribution in [1.29, 1.82) is 0 Å². The van der Waals surface area contributed by atoms with E-state index >= 15 is 0 Å². The van der Waals surface area contributed by atoms with Crippen LogP contribution >= 0.6 is 0 Å². The molecule has 3 rings (SSSR count). The fourth-order valence-electron chi connectivity index (χ4n) is 3.37. The molecule has 4 N–H and O–H groups in total. The number of methoxy groups -OCH3 is 1. The number of likely N-dealkylation sites (tertiary alicyclic amines) is 1. The molecule has 0 spiro atoms. The van der Waals surface area contributed by atoms with Gasteiger partial charge in [0.15, 0.2) is 11.5 Å². The Hall–Kier alpha value is -1.54. The summed E-state index contributed by atoms with van der Waals surface area (Å²) in [6.07, 6.45) is 2.71. The molecular formula is C19H33N5O2. The summed E-state index contributed by atoms with van der Waals surface area (Å²) in [7, 11) is 3.65. The molecule has 146 valence electrons. The van der Waals surface area contributed by atoms with Crippen LogP contribution in [0, 0.1) is 5.92 Å². The SMILES string of the molecule is CNC1CCNC(Nc2ccc(OC)c(OC[C@@H](C)CN3CCC3)c2)N1. The standard InChI is InChI=1S/C19H33N5O2/c1-14(12-24-9-4-10-24)13-26-17-11-15(5-6-16(17)25-3)22-19-21-8-7-18(20-2)23-19/h5-6,11,14,18-23H,4,7-10,12-13H2,1-3H3/t14-,18?,19?/m0/s1. The minimum Gasteiger partial charge on any atom is -0.493 e. The third kappa shape index (κ3) is 5.23. The van der Waals surface area contributed by atoms with Gasteiger partial charge in [-0.2, -0.15) is 0 Å². The number of benzene rings is 1. The van der Waals surface area contributed by atoms with Gasteiger partial charge in [-0.3, -0.25) is 10.6 Å². The second kappa shape index (κ2) is 9.41. The number of rotatable bonds is 9. The molecule has 0 amide bonds. The van der Waals surface area contributed by atoms with Gasteiger partial charge >= 0.3 is 0 Å². The molecule has 0 aromatic heterocycles. The molecule has 2 unspecified atom stereocenters. The Kier molecular flexibility index (Phi) is 6.96. The van der Waals surface area contributed by atoms with Crippen molar-refractivity contribution in [2.75, 3.05) is 52.3 Å². The first-order valence-corrected chi connectivity index (χ1v) is 9.64. The van der Waals surface area contributed by atoms with Crippen LogP contribution in [0.5, 0.6) is 11.5 Å². The van der Waals surface area contributed by atoms with E-state index in [1.165, 1.54) is 19.5 Å². The molecule has 0 saturated carbocycles. The summed E-state index contributed by atoms with van der Waals surface area (Å²) >= 11 is 0. The lowest BCUT2D eigenvalue weighted by atomic mass is 10.1. The van der Waals surface area contributed by atoms with E-state index in [1.54, 1.807) is 7.11 Å². The van der Waals surface area contributed by atoms with Gasteiger partial charge < -0.3 is 25.0 Å². The Morgan fingerprint density at radius 1 is 1.31 bits per heavy atom. The molecule has 2 aliphatic heterocycles. The van der Waals surface area contributed by atoms with Crippen LogP contribution in [0.4, 0.5) is 5.69 Å². The zero-order chi connectivity index (χ0) is 18.4. The van der Waals surface area contributed by atoms with Gasteiger partial charge in [0.1, 0.15) is 6.29 Å². The minimum absolute atomic E-state index is 0.0211. The summed E-state index contributed by atoms with van der Waals surface area (Å²) in [5.74, 6) is 2.05. The fourth-order valence-corrected chi connectivity index (χ4v) is 3.37. The zero-order valence-corrected chi connectivity index (χ0v) is 16.2. The molecule has 2 fully saturated rings. The highest BCUT2D eigenvalue weighted by Gasteiger charge is 2.20. The quantitative estimate of drug-likeness (QED) is 0.526. The lowest BCUT2D eigenvalue weighted by Crippen LogP contribution is -2.61. The predicted octanol–water partition coefficient (Wildman–Crippen LogP) is 1.24. The van der Waals surface area contributed by atoms with Crippen LogP contribution in [0.15, 0.2) is 18.2 Å². The van der Waals surface area contributed by atoms with Crippen molar-refractivity contribution < 1.29 is 9.47 Å². The second-order valence-electron chi connectivity index (χ2n) is 7.26. The number of anilines is 1. The highest BCUT2D eigenvalue weighted by Crippen LogP contribution is 2.31. The molecule has 2 heterocycles. The summed E-state index contributed by atoms with van der Waals surface area (Å²) in [6.45, 7) is 7.44. The third-order valence-electron chi connectivity index (χ3n) is 5.01. The largest absolute Gasteiger partial charge is 0.493 e. The number of hydrogen-bond donors (Lipinski definition) is 4. The first kappa shape index (κ1) is 19.2. The first-order valence-electron chi connectivity index (χ1n) is 9.64. The van der Waals surface area contributed by atoms with Gasteiger partial charge in [0.05, 0.1) is 19.9 Å². The molecule has 3 atom stereocenters. The van der Waals surface area contributed by atoms with Crippen molar-refractivity contribution in [3.8, 4) is 11.5 Å². The normalized spacial score (nSPS) is 24.6. The average molecular weight is 364 g/mol. The van der Waals surface area contributed by atoms with Crippen LogP contribution in [0.25, 0.3) is 0 Å². The molecule has 0 aliphatic carbocycles. The summed E-state index contributed by atoms with van der Waals surface area (Å²) < 4.78 is 11.6. The Morgan fingerprint density at radius 3 is 2.85 bits per heavy atom. The van der Waals surface area contributed by atoms with Crippen molar-refractivity contribution in [3.05, 3.63) is 18.2 Å². The van der Waals surface area contributed by atoms with Crippen LogP contribution in [-0.4, -0.2) is 64.3 Å². The van der Waals surface area contributed by atoms with Crippen molar-refractivity contribution in [3.63, 3.8) is 0 Å². The van der Waals surface area contributed by atoms with E-state index in [4.69, 9.17) is 9.47 Å². The highest BCUT2D eigenvalue weighted by molar-refractivity contribution is 5.55. The van der Waals surface area contributed by atoms with E-state index in [2.05, 4.69) is 33.1 Å². The van der Waals surface area contributed by atoms with Crippen molar-refractivity contribution in [2.45, 2.75) is 32.2 Å². The monoisotopic (exact) mass is 363 g/mol. The van der Waals surface area contributed by atoms with Crippen LogP contribution in [0.2, 0.25) is 0 Å². The van der Waals surface area contributed by atoms with Gasteiger partial charge in [-0.15, -0.1) is 0 Å². The Morgan fingerprint density at radius 2 is 2.15 bits per heavy atom. The lowest BCUT2D eigenvalue weighted by molar-refractivity contribution is 0.131. The van der Waals surface area contributed by atoms with Crippen LogP contribution in [0.3, 0.4) is 0 Å². The molecular weight excluding hydrogens is 330 g/mol. The summed E-state index contributed by atoms with van der Waals surface area (Å²) in [5, 5.41) is 13.6. The number of nitrogens with one attached hydrogen (secondary N) is 4. The van der Waals surface area contributed by atoms with Crippen molar-refractivity contribution in [1.82, 2.24) is 20.9 Å². The molecule has 7 nitrogen and oxygen atoms in total. The Bertz CT molecular complexity index is 567. The van der Waals surface area contributed by atoms with Gasteiger partial charge in [-0.1, -0.05) is 6.92 Å². The molecule has 0 radical (unpaired) electrons. The first-order chi connectivity index (χ1) is 12.7. The number of nitrogens with zero attached hydrogens (tertiary/aromatic N) is 1. The lowest BCUT2D eigenvalue weighted by Gasteiger charge is -2.33. The van der Waals surface area contributed by atoms with Crippen LogP contribution in [0.1, 0.15) is 19.8 Å². The van der Waals surface area contributed by atoms with Gasteiger partial charge in [0, 0.05) is 30.8 Å². The second-order valence-corrected chi connectivity index (χ2v) is 7.26. The molecule has 1 aromatic carbocycles. The number of ether oxygens (including phenoxy) is 2. The zero-order valence-electron chi connectivity index (χ0n) is 16.2. The smallest absolute Gasteiger partial charge is 0.163 e. The maximum Gasteiger partial charge on any atom is 0.163 e. The van der Waals surface area contributed by atoms with E-state index in [9.17, 15) is 0 Å². The third-order valence-corrected chi connectivity index (χ3v) is 5.01. The molecule has 1 aromatic rings. The maximum absolute atomic E-state index is 6.09. The molecule has 2 saturated heterocycles. The van der Waals surface area contributed by atoms with Crippen molar-refractivity contribution in [2.24, 2.45) is 5.92 Å². The molecule has 2 aliphatic rings. The highest BCUT2D eigenvalue weighted by atomic mass is 16.5. The molecule has 26 heavy (non-hydrogen) atoms. The fraction of sp³-hybridized carbons (Fsp3) is 0.684. The summed E-state index contributed by atoms with van der Waals surface area (Å²) in [6, 6.07) is 5.99. The predicted molar refractivity (Wildman–Crippen MR) is 105 cm³/mol. The van der Waals surface area contributed by atoms with Gasteiger partial charge in [-0.05, 0) is 45.1 Å². The van der Waals surface area contributed by atoms with E-state index in [1.807, 2.05) is 25.2 Å². The van der Waals surface area contributed by atoms with Crippen molar-refractivity contribution >= 4 is 5.69 Å². The van der Waals surface area contributed by atoms with Crippen LogP contribution < -0.4 is 30.7 Å². The molecule has 7 heteroatoms.